The Morgan fingerprint density at radius 3 is 3.00 bits per heavy atom. The number of hydrogen-bond acceptors (Lipinski definition) is 1. The molecule has 0 saturated heterocycles. The van der Waals surface area contributed by atoms with E-state index in [1.54, 1.807) is 0 Å². The molecule has 2 heteroatoms. The Labute approximate surface area is 59.8 Å². The second kappa shape index (κ2) is 2.81. The molecule has 0 saturated carbocycles. The van der Waals surface area contributed by atoms with Crippen molar-refractivity contribution >= 4 is 20.3 Å². The maximum atomic E-state index is 10.8. The molecule has 0 amide bonds. The third-order valence-corrected chi connectivity index (χ3v) is 2.80. The fraction of sp³-hybridized carbons (Fsp3) is 0. The molecular weight excluding hydrogens is 179 g/mol. The van der Waals surface area contributed by atoms with Gasteiger partial charge in [0, 0.05) is 0 Å². The molecule has 46 valence electrons. The van der Waals surface area contributed by atoms with Crippen LogP contribution in [0.4, 0.5) is 0 Å². The zero-order valence-corrected chi connectivity index (χ0v) is 6.55. The van der Waals surface area contributed by atoms with Crippen LogP contribution in [0.3, 0.4) is 0 Å². The molecule has 0 aliphatic carbocycles. The zero-order valence-electron chi connectivity index (χ0n) is 4.83. The van der Waals surface area contributed by atoms with E-state index in [4.69, 9.17) is 0 Å². The van der Waals surface area contributed by atoms with Gasteiger partial charge in [0.1, 0.15) is 0 Å². The van der Waals surface area contributed by atoms with Crippen molar-refractivity contribution in [2.75, 3.05) is 0 Å². The predicted molar refractivity (Wildman–Crippen MR) is 37.9 cm³/mol. The Bertz CT molecular complexity index is 211. The van der Waals surface area contributed by atoms with E-state index in [1.807, 2.05) is 17.1 Å². The number of carbonyl (C=O) groups excluding carboxylic acids is 1. The van der Waals surface area contributed by atoms with E-state index in [9.17, 15) is 4.79 Å². The third kappa shape index (κ3) is 1.41. The average molecular weight is 185 g/mol. The molecule has 0 bridgehead atoms. The van der Waals surface area contributed by atoms with Gasteiger partial charge in [-0.25, -0.2) is 0 Å². The van der Waals surface area contributed by atoms with Crippen LogP contribution < -0.4 is 0 Å². The van der Waals surface area contributed by atoms with Gasteiger partial charge in [-0.15, -0.1) is 0 Å². The molecule has 1 aromatic rings. The molecule has 1 rings (SSSR count). The van der Waals surface area contributed by atoms with Gasteiger partial charge >= 0.3 is 59.2 Å². The van der Waals surface area contributed by atoms with E-state index in [0.29, 0.717) is 0 Å². The minimum absolute atomic E-state index is 0.0694. The summed E-state index contributed by atoms with van der Waals surface area (Å²) in [5, 5.41) is 0. The summed E-state index contributed by atoms with van der Waals surface area (Å²) in [7, 11) is 0. The Hall–Kier alpha value is -0.591. The van der Waals surface area contributed by atoms with Gasteiger partial charge in [-0.1, -0.05) is 0 Å². The number of allylic oxidation sites excluding steroid dienone is 1. The fourth-order valence-electron chi connectivity index (χ4n) is 0.519. The summed E-state index contributed by atoms with van der Waals surface area (Å²) in [4.78, 5) is 12.8. The van der Waals surface area contributed by atoms with Crippen molar-refractivity contribution in [2.45, 2.75) is 0 Å². The quantitative estimate of drug-likeness (QED) is 0.383. The molecule has 0 unspecified atom stereocenters. The van der Waals surface area contributed by atoms with E-state index >= 15 is 0 Å². The van der Waals surface area contributed by atoms with Gasteiger partial charge in [0.25, 0.3) is 0 Å². The molecule has 0 atom stereocenters. The first kappa shape index (κ1) is 6.53. The Morgan fingerprint density at radius 1 is 1.78 bits per heavy atom. The van der Waals surface area contributed by atoms with Crippen molar-refractivity contribution in [1.82, 2.24) is 0 Å². The van der Waals surface area contributed by atoms with Crippen LogP contribution in [0.5, 0.6) is 0 Å². The molecule has 1 nitrogen and oxygen atoms in total. The molecule has 0 aliphatic rings. The summed E-state index contributed by atoms with van der Waals surface area (Å²) < 4.78 is 0.900. The van der Waals surface area contributed by atoms with Gasteiger partial charge in [0.15, 0.2) is 0 Å². The van der Waals surface area contributed by atoms with Crippen LogP contribution in [0.1, 0.15) is 9.23 Å². The van der Waals surface area contributed by atoms with Crippen molar-refractivity contribution in [3.05, 3.63) is 34.2 Å². The van der Waals surface area contributed by atoms with Crippen LogP contribution in [-0.4, -0.2) is 20.3 Å². The number of rotatable bonds is 2. The minimum atomic E-state index is 0.0694. The molecule has 1 heterocycles. The van der Waals surface area contributed by atoms with E-state index in [-0.39, 0.29) is 20.3 Å². The predicted octanol–water partition coefficient (Wildman–Crippen LogP) is 1.11. The molecule has 0 aromatic carbocycles. The van der Waals surface area contributed by atoms with E-state index in [1.165, 1.54) is 6.08 Å². The second-order valence-corrected chi connectivity index (χ2v) is 3.53. The van der Waals surface area contributed by atoms with E-state index in [0.717, 1.165) is 4.44 Å². The molecule has 0 aliphatic heterocycles. The van der Waals surface area contributed by atoms with Crippen molar-refractivity contribution in [2.24, 2.45) is 0 Å². The second-order valence-electron chi connectivity index (χ2n) is 1.55. The molecule has 0 radical (unpaired) electrons. The molecule has 1 aromatic heterocycles. The number of carbonyl (C=O) groups is 1. The summed E-state index contributed by atoms with van der Waals surface area (Å²) in [6.45, 7) is 3.40. The van der Waals surface area contributed by atoms with Gasteiger partial charge in [0.2, 0.25) is 0 Å². The van der Waals surface area contributed by atoms with Crippen molar-refractivity contribution < 1.29 is 4.79 Å². The molecular formula is C7H6OSe. The molecule has 0 fully saturated rings. The van der Waals surface area contributed by atoms with Crippen molar-refractivity contribution in [3.8, 4) is 0 Å². The standard InChI is InChI=1S/C7H6OSe/c1-2-6(8)7-4-3-5-9-7/h2-5H,1H2. The van der Waals surface area contributed by atoms with Crippen LogP contribution in [0, 0.1) is 0 Å². The maximum absolute atomic E-state index is 10.8. The van der Waals surface area contributed by atoms with Crippen LogP contribution in [0.25, 0.3) is 0 Å². The molecule has 9 heavy (non-hydrogen) atoms. The third-order valence-electron chi connectivity index (χ3n) is 0.949. The van der Waals surface area contributed by atoms with Gasteiger partial charge in [-0.2, -0.15) is 0 Å². The summed E-state index contributed by atoms with van der Waals surface area (Å²) >= 11 is 0.269. The van der Waals surface area contributed by atoms with Gasteiger partial charge in [-0.3, -0.25) is 0 Å². The first-order chi connectivity index (χ1) is 4.34. The zero-order chi connectivity index (χ0) is 6.69. The van der Waals surface area contributed by atoms with Crippen LogP contribution in [0.2, 0.25) is 0 Å². The SMILES string of the molecule is C=CC(=O)c1ccc[se]1. The fourth-order valence-corrected chi connectivity index (χ4v) is 1.90. The average Bonchev–Trinajstić information content (AvgIpc) is 2.37. The summed E-state index contributed by atoms with van der Waals surface area (Å²) in [5.74, 6) is 0.0694. The number of ketones is 1. The normalized spacial score (nSPS) is 8.89. The van der Waals surface area contributed by atoms with Crippen LogP contribution in [0.15, 0.2) is 29.7 Å². The Morgan fingerprint density at radius 2 is 2.56 bits per heavy atom. The summed E-state index contributed by atoms with van der Waals surface area (Å²) in [5.41, 5.74) is 0. The van der Waals surface area contributed by atoms with Crippen molar-refractivity contribution in [3.63, 3.8) is 0 Å². The first-order valence-corrected chi connectivity index (χ1v) is 4.39. The monoisotopic (exact) mass is 186 g/mol. The Balaban J connectivity index is 2.89. The first-order valence-electron chi connectivity index (χ1n) is 2.55. The van der Waals surface area contributed by atoms with Crippen LogP contribution in [-0.2, 0) is 0 Å². The van der Waals surface area contributed by atoms with E-state index < -0.39 is 0 Å². The summed E-state index contributed by atoms with van der Waals surface area (Å²) in [6, 6.07) is 3.76. The molecule has 0 N–H and O–H groups in total. The molecule has 0 spiro atoms. The topological polar surface area (TPSA) is 17.1 Å². The van der Waals surface area contributed by atoms with Gasteiger partial charge < -0.3 is 0 Å². The Kier molecular flexibility index (Phi) is 2.04. The van der Waals surface area contributed by atoms with Crippen molar-refractivity contribution in [1.29, 1.82) is 0 Å². The number of hydrogen-bond donors (Lipinski definition) is 0. The van der Waals surface area contributed by atoms with Crippen LogP contribution >= 0.6 is 0 Å². The van der Waals surface area contributed by atoms with Gasteiger partial charge in [-0.05, 0) is 0 Å². The summed E-state index contributed by atoms with van der Waals surface area (Å²) in [6.07, 6.45) is 1.36. The van der Waals surface area contributed by atoms with Gasteiger partial charge in [0.05, 0.1) is 0 Å². The van der Waals surface area contributed by atoms with E-state index in [2.05, 4.69) is 6.58 Å².